The monoisotopic (exact) mass is 977 g/mol. The van der Waals surface area contributed by atoms with Crippen LogP contribution in [0.2, 0.25) is 0 Å². The summed E-state index contributed by atoms with van der Waals surface area (Å²) in [6, 6.07) is 18.3. The zero-order valence-corrected chi connectivity index (χ0v) is 39.7. The second-order valence-electron chi connectivity index (χ2n) is 16.6. The number of hydrogen-bond acceptors (Lipinski definition) is 13. The lowest BCUT2D eigenvalue weighted by atomic mass is 9.98. The SMILES string of the molecule is CC(C)[C@H](NC(=O)[C@@H](CCC(=O)O)NC(=O)CCOCCOCCOCCOCCNC(=O)OCC1c2ccccc2-c2ccccc21)C(=O)N[C@@H](CCCNC(N)=O)C(=O)Nc1ccc(CO)cc1. The van der Waals surface area contributed by atoms with Crippen molar-refractivity contribution in [2.75, 3.05) is 77.9 Å². The minimum Gasteiger partial charge on any atom is -0.481 e. The summed E-state index contributed by atoms with van der Waals surface area (Å²) in [6.45, 7) is 5.62. The number of rotatable bonds is 33. The van der Waals surface area contributed by atoms with Crippen molar-refractivity contribution in [1.29, 1.82) is 0 Å². The van der Waals surface area contributed by atoms with E-state index in [2.05, 4.69) is 56.2 Å². The maximum absolute atomic E-state index is 13.6. The third kappa shape index (κ3) is 19.8. The average Bonchev–Trinajstić information content (AvgIpc) is 3.66. The molecule has 0 aromatic heterocycles. The number of carbonyl (C=O) groups excluding carboxylic acids is 6. The van der Waals surface area contributed by atoms with E-state index < -0.39 is 72.2 Å². The van der Waals surface area contributed by atoms with Gasteiger partial charge in [-0.1, -0.05) is 74.5 Å². The van der Waals surface area contributed by atoms with Crippen molar-refractivity contribution < 1.29 is 67.5 Å². The summed E-state index contributed by atoms with van der Waals surface area (Å²) < 4.78 is 27.5. The van der Waals surface area contributed by atoms with Gasteiger partial charge in [0.05, 0.1) is 59.5 Å². The summed E-state index contributed by atoms with van der Waals surface area (Å²) in [6.07, 6.45) is -1.05. The Labute approximate surface area is 407 Å². The number of urea groups is 1. The van der Waals surface area contributed by atoms with Gasteiger partial charge in [0.15, 0.2) is 0 Å². The Bertz CT molecular complexity index is 2110. The summed E-state index contributed by atoms with van der Waals surface area (Å²) in [5.41, 5.74) is 10.8. The maximum Gasteiger partial charge on any atom is 0.407 e. The van der Waals surface area contributed by atoms with Gasteiger partial charge in [-0.3, -0.25) is 24.0 Å². The first-order valence-corrected chi connectivity index (χ1v) is 23.3. The number of aliphatic hydroxyl groups excluding tert-OH is 1. The minimum absolute atomic E-state index is 0.0197. The number of nitrogens with one attached hydrogen (secondary N) is 6. The molecule has 21 nitrogen and oxygen atoms in total. The molecule has 21 heteroatoms. The number of aliphatic hydroxyl groups is 1. The van der Waals surface area contributed by atoms with Crippen LogP contribution >= 0.6 is 0 Å². The summed E-state index contributed by atoms with van der Waals surface area (Å²) >= 11 is 0. The Balaban J connectivity index is 1.07. The molecule has 0 aliphatic heterocycles. The highest BCUT2D eigenvalue weighted by molar-refractivity contribution is 5.99. The molecule has 0 fully saturated rings. The summed E-state index contributed by atoms with van der Waals surface area (Å²) in [4.78, 5) is 88.3. The number of ether oxygens (including phenoxy) is 5. The molecule has 0 heterocycles. The third-order valence-electron chi connectivity index (χ3n) is 11.0. The third-order valence-corrected chi connectivity index (χ3v) is 11.0. The number of aliphatic carboxylic acids is 1. The molecule has 7 amide bonds. The molecule has 0 saturated carbocycles. The number of carbonyl (C=O) groups is 7. The van der Waals surface area contributed by atoms with Gasteiger partial charge in [-0.15, -0.1) is 0 Å². The number of nitrogens with two attached hydrogens (primary N) is 1. The highest BCUT2D eigenvalue weighted by Gasteiger charge is 2.32. The highest BCUT2D eigenvalue weighted by atomic mass is 16.6. The first-order chi connectivity index (χ1) is 33.8. The first-order valence-electron chi connectivity index (χ1n) is 23.3. The minimum atomic E-state index is -1.31. The van der Waals surface area contributed by atoms with E-state index in [9.17, 15) is 43.8 Å². The second kappa shape index (κ2) is 30.8. The smallest absolute Gasteiger partial charge is 0.407 e. The van der Waals surface area contributed by atoms with Crippen molar-refractivity contribution in [2.45, 2.75) is 76.6 Å². The Hall–Kier alpha value is -6.65. The van der Waals surface area contributed by atoms with Crippen molar-refractivity contribution in [1.82, 2.24) is 26.6 Å². The van der Waals surface area contributed by atoms with Crippen LogP contribution in [-0.4, -0.2) is 143 Å². The largest absolute Gasteiger partial charge is 0.481 e. The number of hydrogen-bond donors (Lipinski definition) is 9. The molecule has 0 unspecified atom stereocenters. The van der Waals surface area contributed by atoms with Crippen LogP contribution in [0.15, 0.2) is 72.8 Å². The van der Waals surface area contributed by atoms with E-state index in [0.717, 1.165) is 22.3 Å². The van der Waals surface area contributed by atoms with Crippen LogP contribution < -0.4 is 37.6 Å². The maximum atomic E-state index is 13.6. The van der Waals surface area contributed by atoms with Gasteiger partial charge in [0.25, 0.3) is 0 Å². The second-order valence-corrected chi connectivity index (χ2v) is 16.6. The van der Waals surface area contributed by atoms with Crippen LogP contribution in [-0.2, 0) is 54.3 Å². The Morgan fingerprint density at radius 2 is 1.20 bits per heavy atom. The predicted molar refractivity (Wildman–Crippen MR) is 256 cm³/mol. The van der Waals surface area contributed by atoms with Gasteiger partial charge in [-0.2, -0.15) is 0 Å². The summed E-state index contributed by atoms with van der Waals surface area (Å²) in [5, 5.41) is 34.3. The molecular weight excluding hydrogens is 911 g/mol. The Morgan fingerprint density at radius 3 is 1.77 bits per heavy atom. The fraction of sp³-hybridized carbons (Fsp3) is 0.490. The molecule has 4 rings (SSSR count). The number of alkyl carbamates (subject to hydrolysis) is 1. The van der Waals surface area contributed by atoms with E-state index in [1.54, 1.807) is 38.1 Å². The van der Waals surface area contributed by atoms with Gasteiger partial charge in [-0.25, -0.2) is 9.59 Å². The number of primary amides is 1. The van der Waals surface area contributed by atoms with Crippen LogP contribution in [0.25, 0.3) is 11.1 Å². The van der Waals surface area contributed by atoms with Crippen molar-refractivity contribution in [3.05, 3.63) is 89.5 Å². The standard InChI is InChI=1S/C49H67N7O14/c1-32(2)44(47(63)55-40(12-7-20-51-48(50)64)45(61)53-34-15-13-33(30-57)14-16-34)56-46(62)41(17-18-43(59)60)54-42(58)19-22-66-24-26-68-28-29-69-27-25-67-23-21-52-49(65)70-31-39-37-10-5-3-8-35(37)36-9-4-6-11-38(36)39/h3-6,8-11,13-16,32,39-41,44,57H,7,12,17-31H2,1-2H3,(H,52,65)(H,53,61)(H,54,58)(H,55,63)(H,56,62)(H,59,60)(H3,50,51,64)/t40-,41+,44-/m0/s1. The average molecular weight is 978 g/mol. The predicted octanol–water partition coefficient (Wildman–Crippen LogP) is 2.54. The topological polar surface area (TPSA) is 304 Å². The van der Waals surface area contributed by atoms with Crippen molar-refractivity contribution in [3.63, 3.8) is 0 Å². The lowest BCUT2D eigenvalue weighted by molar-refractivity contribution is -0.138. The molecule has 382 valence electrons. The number of carboxylic acids is 1. The van der Waals surface area contributed by atoms with E-state index >= 15 is 0 Å². The summed E-state index contributed by atoms with van der Waals surface area (Å²) in [5.74, 6) is -4.41. The number of benzene rings is 3. The van der Waals surface area contributed by atoms with Crippen LogP contribution in [0.5, 0.6) is 0 Å². The first kappa shape index (κ1) is 55.9. The van der Waals surface area contributed by atoms with Crippen molar-refractivity contribution in [3.8, 4) is 11.1 Å². The fourth-order valence-corrected chi connectivity index (χ4v) is 7.36. The molecule has 1 aliphatic rings. The number of amides is 7. The molecule has 10 N–H and O–H groups in total. The Morgan fingerprint density at radius 1 is 0.629 bits per heavy atom. The normalized spacial score (nSPS) is 13.0. The lowest BCUT2D eigenvalue weighted by Crippen LogP contribution is -2.58. The van der Waals surface area contributed by atoms with Gasteiger partial charge in [0, 0.05) is 37.5 Å². The van der Waals surface area contributed by atoms with Crippen LogP contribution in [0.4, 0.5) is 15.3 Å². The van der Waals surface area contributed by atoms with Gasteiger partial charge in [-0.05, 0) is 65.1 Å². The van der Waals surface area contributed by atoms with E-state index in [1.807, 2.05) is 24.3 Å². The van der Waals surface area contributed by atoms with E-state index in [1.165, 1.54) is 0 Å². The fourth-order valence-electron chi connectivity index (χ4n) is 7.36. The van der Waals surface area contributed by atoms with Crippen LogP contribution in [0, 0.1) is 5.92 Å². The van der Waals surface area contributed by atoms with E-state index in [4.69, 9.17) is 29.4 Å². The zero-order valence-electron chi connectivity index (χ0n) is 39.7. The molecule has 3 aromatic carbocycles. The molecule has 0 spiro atoms. The van der Waals surface area contributed by atoms with E-state index in [0.29, 0.717) is 31.1 Å². The number of carboxylic acid groups (broad SMARTS) is 1. The van der Waals surface area contributed by atoms with Gasteiger partial charge >= 0.3 is 18.1 Å². The lowest BCUT2D eigenvalue weighted by Gasteiger charge is -2.27. The molecule has 3 aromatic rings. The molecular formula is C49H67N7O14. The van der Waals surface area contributed by atoms with Gasteiger partial charge in [0.1, 0.15) is 24.7 Å². The van der Waals surface area contributed by atoms with E-state index in [-0.39, 0.29) is 90.9 Å². The highest BCUT2D eigenvalue weighted by Crippen LogP contribution is 2.44. The van der Waals surface area contributed by atoms with Gasteiger partial charge in [0.2, 0.25) is 23.6 Å². The van der Waals surface area contributed by atoms with Crippen molar-refractivity contribution in [2.24, 2.45) is 11.7 Å². The van der Waals surface area contributed by atoms with Gasteiger partial charge < -0.3 is 71.5 Å². The molecule has 1 aliphatic carbocycles. The van der Waals surface area contributed by atoms with Crippen molar-refractivity contribution >= 4 is 47.4 Å². The molecule has 0 radical (unpaired) electrons. The molecule has 3 atom stereocenters. The molecule has 0 saturated heterocycles. The Kier molecular flexibility index (Phi) is 24.6. The van der Waals surface area contributed by atoms with Crippen LogP contribution in [0.3, 0.4) is 0 Å². The molecule has 0 bridgehead atoms. The number of anilines is 1. The molecule has 70 heavy (non-hydrogen) atoms. The van der Waals surface area contributed by atoms with Crippen LogP contribution in [0.1, 0.15) is 68.6 Å². The quantitative estimate of drug-likeness (QED) is 0.0397. The number of fused-ring (bicyclic) bond motifs is 3. The summed E-state index contributed by atoms with van der Waals surface area (Å²) in [7, 11) is 0. The zero-order chi connectivity index (χ0) is 50.7.